The number of aliphatic carboxylic acids is 1. The van der Waals surface area contributed by atoms with Crippen molar-refractivity contribution in [1.29, 1.82) is 0 Å². The molecule has 10 atom stereocenters. The van der Waals surface area contributed by atoms with Gasteiger partial charge in [-0.1, -0.05) is 0 Å². The molecule has 0 saturated carbocycles. The van der Waals surface area contributed by atoms with Crippen LogP contribution in [-0.4, -0.2) is 162 Å². The van der Waals surface area contributed by atoms with Crippen molar-refractivity contribution in [3.63, 3.8) is 0 Å². The third kappa shape index (κ3) is 6.28. The van der Waals surface area contributed by atoms with Crippen LogP contribution in [0.4, 0.5) is 28.8 Å². The van der Waals surface area contributed by atoms with Gasteiger partial charge in [-0.3, -0.25) is 19.2 Å². The van der Waals surface area contributed by atoms with Crippen LogP contribution in [-0.2, 0) is 52.4 Å². The van der Waals surface area contributed by atoms with E-state index >= 15 is 0 Å². The number of nitrogens with zero attached hydrogens (tertiary/aromatic N) is 5. The molecule has 0 unspecified atom stereocenters. The molecule has 5 fully saturated rings. The molecule has 5 heterocycles. The van der Waals surface area contributed by atoms with Crippen LogP contribution in [0.3, 0.4) is 0 Å². The predicted octanol–water partition coefficient (Wildman–Crippen LogP) is 0.159. The fourth-order valence-electron chi connectivity index (χ4n) is 6.55. The van der Waals surface area contributed by atoms with Crippen molar-refractivity contribution < 1.29 is 86.3 Å². The predicted molar refractivity (Wildman–Crippen MR) is 162 cm³/mol. The van der Waals surface area contributed by atoms with Crippen molar-refractivity contribution in [2.45, 2.75) is 122 Å². The lowest BCUT2D eigenvalue weighted by Gasteiger charge is -2.32. The van der Waals surface area contributed by atoms with Crippen molar-refractivity contribution in [2.75, 3.05) is 0 Å². The lowest BCUT2D eigenvalue weighted by atomic mass is 10.0. The van der Waals surface area contributed by atoms with E-state index in [2.05, 4.69) is 0 Å². The first-order valence-electron chi connectivity index (χ1n) is 16.1. The Morgan fingerprint density at radius 1 is 0.472 bits per heavy atom. The Bertz CT molecular complexity index is 1720. The minimum Gasteiger partial charge on any atom is -0.480 e. The van der Waals surface area contributed by atoms with Gasteiger partial charge in [0.05, 0.1) is 0 Å². The zero-order valence-corrected chi connectivity index (χ0v) is 29.4. The van der Waals surface area contributed by atoms with E-state index in [1.165, 1.54) is 34.6 Å². The molecule has 1 N–H and O–H groups in total. The summed E-state index contributed by atoms with van der Waals surface area (Å²) in [4.78, 5) is 147. The molecule has 53 heavy (non-hydrogen) atoms. The molecule has 0 radical (unpaired) electrons. The Hall–Kier alpha value is -6.03. The van der Waals surface area contributed by atoms with Gasteiger partial charge in [-0.25, -0.2) is 53.2 Å². The Balaban J connectivity index is 1.47. The molecular weight excluding hydrogens is 718 g/mol. The highest BCUT2D eigenvalue weighted by Gasteiger charge is 2.62. The molecule has 0 spiro atoms. The van der Waals surface area contributed by atoms with Crippen molar-refractivity contribution >= 4 is 66.2 Å². The summed E-state index contributed by atoms with van der Waals surface area (Å²) in [6.07, 6.45) is -15.7. The molecule has 23 nitrogen and oxygen atoms in total. The third-order valence-electron chi connectivity index (χ3n) is 8.84. The van der Waals surface area contributed by atoms with Gasteiger partial charge in [0.1, 0.15) is 36.1 Å². The van der Waals surface area contributed by atoms with E-state index in [4.69, 9.17) is 28.4 Å². The lowest BCUT2D eigenvalue weighted by molar-refractivity contribution is -0.151. The van der Waals surface area contributed by atoms with Gasteiger partial charge in [0.25, 0.3) is 23.6 Å². The topological polar surface area (TPSA) is 280 Å². The van der Waals surface area contributed by atoms with Crippen LogP contribution in [0.25, 0.3) is 0 Å². The average Bonchev–Trinajstić information content (AvgIpc) is 3.77. The summed E-state index contributed by atoms with van der Waals surface area (Å²) < 4.78 is 30.4. The second-order valence-electron chi connectivity index (χ2n) is 13.7. The van der Waals surface area contributed by atoms with Gasteiger partial charge >= 0.3 is 42.5 Å². The van der Waals surface area contributed by atoms with Crippen molar-refractivity contribution in [3.8, 4) is 0 Å². The highest BCUT2D eigenvalue weighted by atomic mass is 16.6. The summed E-state index contributed by atoms with van der Waals surface area (Å²) in [6.45, 7) is 10.3. The summed E-state index contributed by atoms with van der Waals surface area (Å²) in [5, 5.41) is 9.66. The lowest BCUT2D eigenvalue weighted by Crippen LogP contribution is -2.63. The first-order valence-corrected chi connectivity index (χ1v) is 16.1. The van der Waals surface area contributed by atoms with Gasteiger partial charge < -0.3 is 33.5 Å². The summed E-state index contributed by atoms with van der Waals surface area (Å²) >= 11 is 0. The molecule has 0 aliphatic carbocycles. The average molecular weight is 754 g/mol. The number of hydrogen-bond acceptors (Lipinski definition) is 17. The molecule has 5 rings (SSSR count). The normalized spacial score (nSPS) is 32.7. The number of cyclic esters (lactones) is 5. The SMILES string of the molecule is C[C@H]1OC(=O)N(C(=O)OC(C)(C)C)[C@@H]1C(=O)N1C(=O)O[C@H](C)[C@H]1C(=O)N1C(=O)O[C@H](C)[C@H]1C(=O)N1C(=O)O[C@H](C)[C@H]1C(=O)N1C(=O)O[C@H](C)[C@H]1C(=O)O. The van der Waals surface area contributed by atoms with Gasteiger partial charge in [0, 0.05) is 0 Å². The second kappa shape index (κ2) is 13.2. The van der Waals surface area contributed by atoms with Crippen LogP contribution >= 0.6 is 0 Å². The summed E-state index contributed by atoms with van der Waals surface area (Å²) in [5.74, 6) is -7.34. The molecule has 10 amide bonds. The van der Waals surface area contributed by atoms with Crippen LogP contribution in [0.1, 0.15) is 55.4 Å². The summed E-state index contributed by atoms with van der Waals surface area (Å²) in [5.41, 5.74) is -1.15. The summed E-state index contributed by atoms with van der Waals surface area (Å²) in [6, 6.07) is -9.89. The van der Waals surface area contributed by atoms with Gasteiger partial charge in [0.2, 0.25) is 0 Å². The Labute approximate surface area is 298 Å². The zero-order valence-electron chi connectivity index (χ0n) is 29.4. The van der Waals surface area contributed by atoms with Gasteiger partial charge in [0.15, 0.2) is 30.2 Å². The largest absolute Gasteiger partial charge is 0.480 e. The minimum absolute atomic E-state index is 0.186. The quantitative estimate of drug-likeness (QED) is 0.366. The maximum absolute atomic E-state index is 14.2. The van der Waals surface area contributed by atoms with Crippen LogP contribution < -0.4 is 0 Å². The number of carboxylic acids is 1. The standard InChI is InChI=1S/C30H35N5O18/c1-9-14(19(36)32-16(11(3)50-25(32)43)21(38)34-18(23(40)41)13(5)52-27(34)45)31(24(42)48-9)20(37)15-10(2)49-26(44)33(15)22(39)17-12(4)51-28(46)35(17)29(47)53-30(6,7)8/h9-18H,1-8H3,(H,40,41)/t9-,10-,11-,12-,13-,14+,15+,16+,17+,18+/m1/s1. The number of hydrogen-bond donors (Lipinski definition) is 1. The number of imide groups is 5. The van der Waals surface area contributed by atoms with Crippen LogP contribution in [0.15, 0.2) is 0 Å². The van der Waals surface area contributed by atoms with Crippen molar-refractivity contribution in [2.24, 2.45) is 0 Å². The van der Waals surface area contributed by atoms with Crippen LogP contribution in [0.5, 0.6) is 0 Å². The number of carbonyl (C=O) groups is 11. The van der Waals surface area contributed by atoms with E-state index in [9.17, 15) is 57.8 Å². The molecule has 288 valence electrons. The maximum Gasteiger partial charge on any atom is 0.420 e. The van der Waals surface area contributed by atoms with Gasteiger partial charge in [-0.2, -0.15) is 4.90 Å². The fraction of sp³-hybridized carbons (Fsp3) is 0.633. The number of carboxylic acid groups (broad SMARTS) is 1. The first-order chi connectivity index (χ1) is 24.5. The van der Waals surface area contributed by atoms with Crippen LogP contribution in [0.2, 0.25) is 0 Å². The second-order valence-corrected chi connectivity index (χ2v) is 13.7. The highest BCUT2D eigenvalue weighted by Crippen LogP contribution is 2.34. The molecule has 5 aliphatic heterocycles. The molecule has 5 aliphatic rings. The fourth-order valence-corrected chi connectivity index (χ4v) is 6.55. The van der Waals surface area contributed by atoms with E-state index in [0.717, 1.165) is 20.8 Å². The molecule has 23 heteroatoms. The van der Waals surface area contributed by atoms with E-state index < -0.39 is 132 Å². The molecular formula is C30H35N5O18. The third-order valence-corrected chi connectivity index (χ3v) is 8.84. The molecule has 5 saturated heterocycles. The number of amides is 10. The Kier molecular flexibility index (Phi) is 9.50. The smallest absolute Gasteiger partial charge is 0.420 e. The monoisotopic (exact) mass is 753 g/mol. The maximum atomic E-state index is 14.2. The van der Waals surface area contributed by atoms with Gasteiger partial charge in [-0.15, -0.1) is 0 Å². The molecule has 0 aromatic carbocycles. The van der Waals surface area contributed by atoms with E-state index in [-0.39, 0.29) is 19.6 Å². The molecule has 0 aromatic heterocycles. The van der Waals surface area contributed by atoms with Gasteiger partial charge in [-0.05, 0) is 55.4 Å². The first kappa shape index (κ1) is 38.2. The molecule has 0 aromatic rings. The van der Waals surface area contributed by atoms with E-state index in [1.54, 1.807) is 0 Å². The number of carbonyl (C=O) groups excluding carboxylic acids is 10. The van der Waals surface area contributed by atoms with E-state index in [0.29, 0.717) is 4.90 Å². The highest BCUT2D eigenvalue weighted by molar-refractivity contribution is 6.12. The Morgan fingerprint density at radius 2 is 0.698 bits per heavy atom. The van der Waals surface area contributed by atoms with Crippen LogP contribution in [0, 0.1) is 0 Å². The summed E-state index contributed by atoms with van der Waals surface area (Å²) in [7, 11) is 0. The zero-order chi connectivity index (χ0) is 39.8. The number of rotatable bonds is 5. The number of ether oxygens (including phenoxy) is 6. The van der Waals surface area contributed by atoms with Crippen molar-refractivity contribution in [1.82, 2.24) is 24.5 Å². The van der Waals surface area contributed by atoms with E-state index in [1.807, 2.05) is 0 Å². The minimum atomic E-state index is -2.09. The molecule has 0 bridgehead atoms. The van der Waals surface area contributed by atoms with Crippen molar-refractivity contribution in [3.05, 3.63) is 0 Å². The Morgan fingerprint density at radius 3 is 0.962 bits per heavy atom.